The summed E-state index contributed by atoms with van der Waals surface area (Å²) < 4.78 is 0. The second-order valence-corrected chi connectivity index (χ2v) is 5.82. The molecule has 2 aromatic rings. The summed E-state index contributed by atoms with van der Waals surface area (Å²) in [5.74, 6) is 1.33. The minimum atomic E-state index is 0.248. The van der Waals surface area contributed by atoms with E-state index in [4.69, 9.17) is 11.6 Å². The van der Waals surface area contributed by atoms with Crippen molar-refractivity contribution in [3.05, 3.63) is 17.5 Å². The number of fused-ring (bicyclic) bond motifs is 1. The fraction of sp³-hybridized carbons (Fsp3) is 0.571. The molecule has 108 valence electrons. The Bertz CT molecular complexity index is 584. The highest BCUT2D eigenvalue weighted by Gasteiger charge is 2.25. The van der Waals surface area contributed by atoms with Gasteiger partial charge in [-0.2, -0.15) is 0 Å². The van der Waals surface area contributed by atoms with Crippen LogP contribution in [-0.4, -0.2) is 32.7 Å². The number of aromatic nitrogens is 3. The lowest BCUT2D eigenvalue weighted by Gasteiger charge is -2.32. The number of aliphatic hydroxyl groups is 1. The number of hydrogen-bond donors (Lipinski definition) is 3. The summed E-state index contributed by atoms with van der Waals surface area (Å²) >= 11 is 5.99. The number of nitrogens with zero attached hydrogens (tertiary/aromatic N) is 2. The summed E-state index contributed by atoms with van der Waals surface area (Å²) in [7, 11) is 0. The summed E-state index contributed by atoms with van der Waals surface area (Å²) in [6.45, 7) is 0.248. The van der Waals surface area contributed by atoms with Crippen molar-refractivity contribution >= 4 is 28.5 Å². The molecule has 0 radical (unpaired) electrons. The van der Waals surface area contributed by atoms with Crippen LogP contribution >= 0.6 is 11.6 Å². The number of nitrogens with one attached hydrogen (secondary N) is 2. The molecule has 0 aliphatic heterocycles. The number of aromatic amines is 1. The largest absolute Gasteiger partial charge is 0.396 e. The van der Waals surface area contributed by atoms with Gasteiger partial charge >= 0.3 is 0 Å². The third-order valence-electron chi connectivity index (χ3n) is 4.12. The second-order valence-electron chi connectivity index (χ2n) is 5.41. The van der Waals surface area contributed by atoms with Crippen LogP contribution in [0.5, 0.6) is 0 Å². The third kappa shape index (κ3) is 2.74. The van der Waals surface area contributed by atoms with Crippen LogP contribution in [0.3, 0.4) is 0 Å². The molecule has 5 nitrogen and oxygen atoms in total. The van der Waals surface area contributed by atoms with Crippen molar-refractivity contribution in [2.45, 2.75) is 38.1 Å². The van der Waals surface area contributed by atoms with Gasteiger partial charge in [-0.05, 0) is 31.2 Å². The highest BCUT2D eigenvalue weighted by molar-refractivity contribution is 6.30. The van der Waals surface area contributed by atoms with Crippen LogP contribution in [0.1, 0.15) is 32.1 Å². The molecule has 0 amide bonds. The Labute approximate surface area is 122 Å². The molecule has 0 unspecified atom stereocenters. The second kappa shape index (κ2) is 5.97. The average molecular weight is 295 g/mol. The van der Waals surface area contributed by atoms with E-state index in [-0.39, 0.29) is 6.61 Å². The first-order chi connectivity index (χ1) is 9.78. The summed E-state index contributed by atoms with van der Waals surface area (Å²) in [6, 6.07) is 2.21. The van der Waals surface area contributed by atoms with Gasteiger partial charge in [0, 0.05) is 12.6 Å². The van der Waals surface area contributed by atoms with E-state index >= 15 is 0 Å². The molecular weight excluding hydrogens is 276 g/mol. The quantitative estimate of drug-likeness (QED) is 0.810. The SMILES string of the molecule is OCC[C@@H]1CCCC[C@@H]1Nc1ncnc2[nH]c(Cl)cc12. The van der Waals surface area contributed by atoms with Crippen molar-refractivity contribution in [3.63, 3.8) is 0 Å². The predicted octanol–water partition coefficient (Wildman–Crippen LogP) is 2.96. The van der Waals surface area contributed by atoms with Crippen LogP contribution in [0, 0.1) is 5.92 Å². The van der Waals surface area contributed by atoms with E-state index in [0.29, 0.717) is 17.1 Å². The Morgan fingerprint density at radius 3 is 3.05 bits per heavy atom. The molecule has 20 heavy (non-hydrogen) atoms. The molecule has 0 bridgehead atoms. The van der Waals surface area contributed by atoms with Crippen LogP contribution in [0.25, 0.3) is 11.0 Å². The molecule has 0 spiro atoms. The zero-order valence-electron chi connectivity index (χ0n) is 11.3. The van der Waals surface area contributed by atoms with Crippen molar-refractivity contribution < 1.29 is 5.11 Å². The maximum absolute atomic E-state index is 9.20. The van der Waals surface area contributed by atoms with Gasteiger partial charge in [-0.1, -0.05) is 24.4 Å². The molecular formula is C14H19ClN4O. The fourth-order valence-electron chi connectivity index (χ4n) is 3.11. The molecule has 1 fully saturated rings. The average Bonchev–Trinajstić information content (AvgIpc) is 2.83. The van der Waals surface area contributed by atoms with E-state index in [2.05, 4.69) is 20.3 Å². The number of anilines is 1. The molecule has 2 aromatic heterocycles. The van der Waals surface area contributed by atoms with E-state index in [0.717, 1.165) is 29.7 Å². The normalized spacial score (nSPS) is 23.1. The number of rotatable bonds is 4. The van der Waals surface area contributed by atoms with Crippen LogP contribution in [0.2, 0.25) is 5.15 Å². The molecule has 0 saturated heterocycles. The summed E-state index contributed by atoms with van der Waals surface area (Å²) in [4.78, 5) is 11.5. The highest BCUT2D eigenvalue weighted by Crippen LogP contribution is 2.31. The number of aliphatic hydroxyl groups excluding tert-OH is 1. The van der Waals surface area contributed by atoms with Gasteiger partial charge in [0.2, 0.25) is 0 Å². The van der Waals surface area contributed by atoms with Crippen molar-refractivity contribution in [2.24, 2.45) is 5.92 Å². The molecule has 3 N–H and O–H groups in total. The summed E-state index contributed by atoms with van der Waals surface area (Å²) in [5, 5.41) is 14.2. The minimum absolute atomic E-state index is 0.248. The predicted molar refractivity (Wildman–Crippen MR) is 80.0 cm³/mol. The zero-order valence-corrected chi connectivity index (χ0v) is 12.0. The molecule has 3 rings (SSSR count). The van der Waals surface area contributed by atoms with Gasteiger partial charge in [-0.15, -0.1) is 0 Å². The lowest BCUT2D eigenvalue weighted by molar-refractivity contribution is 0.219. The van der Waals surface area contributed by atoms with Crippen LogP contribution < -0.4 is 5.32 Å². The summed E-state index contributed by atoms with van der Waals surface area (Å²) in [6.07, 6.45) is 7.15. The lowest BCUT2D eigenvalue weighted by Crippen LogP contribution is -2.33. The van der Waals surface area contributed by atoms with Crippen molar-refractivity contribution in [1.82, 2.24) is 15.0 Å². The Morgan fingerprint density at radius 2 is 2.20 bits per heavy atom. The first-order valence-electron chi connectivity index (χ1n) is 7.14. The number of hydrogen-bond acceptors (Lipinski definition) is 4. The molecule has 2 atom stereocenters. The minimum Gasteiger partial charge on any atom is -0.396 e. The van der Waals surface area contributed by atoms with Gasteiger partial charge < -0.3 is 15.4 Å². The standard InChI is InChI=1S/C14H19ClN4O/c15-12-7-10-13(16-8-17-14(10)19-12)18-11-4-2-1-3-9(11)5-6-20/h7-9,11,20H,1-6H2,(H2,16,17,18,19)/t9-,11-/m0/s1. The van der Waals surface area contributed by atoms with E-state index in [1.54, 1.807) is 6.33 Å². The maximum Gasteiger partial charge on any atom is 0.144 e. The van der Waals surface area contributed by atoms with Crippen molar-refractivity contribution in [2.75, 3.05) is 11.9 Å². The molecule has 2 heterocycles. The maximum atomic E-state index is 9.20. The Morgan fingerprint density at radius 1 is 1.35 bits per heavy atom. The van der Waals surface area contributed by atoms with Crippen LogP contribution in [0.4, 0.5) is 5.82 Å². The van der Waals surface area contributed by atoms with Crippen molar-refractivity contribution in [3.8, 4) is 0 Å². The molecule has 1 saturated carbocycles. The molecule has 0 aromatic carbocycles. The monoisotopic (exact) mass is 294 g/mol. The Kier molecular flexibility index (Phi) is 4.08. The van der Waals surface area contributed by atoms with Crippen LogP contribution in [-0.2, 0) is 0 Å². The van der Waals surface area contributed by atoms with Gasteiger partial charge in [-0.25, -0.2) is 9.97 Å². The Hall–Kier alpha value is -1.33. The zero-order chi connectivity index (χ0) is 13.9. The first-order valence-corrected chi connectivity index (χ1v) is 7.52. The van der Waals surface area contributed by atoms with Crippen LogP contribution in [0.15, 0.2) is 12.4 Å². The molecule has 1 aliphatic rings. The highest BCUT2D eigenvalue weighted by atomic mass is 35.5. The van der Waals surface area contributed by atoms with E-state index < -0.39 is 0 Å². The first kappa shape index (κ1) is 13.6. The number of H-pyrrole nitrogens is 1. The third-order valence-corrected chi connectivity index (χ3v) is 4.33. The van der Waals surface area contributed by atoms with Gasteiger partial charge in [-0.3, -0.25) is 0 Å². The topological polar surface area (TPSA) is 73.8 Å². The van der Waals surface area contributed by atoms with Crippen molar-refractivity contribution in [1.29, 1.82) is 0 Å². The van der Waals surface area contributed by atoms with E-state index in [1.807, 2.05) is 6.07 Å². The summed E-state index contributed by atoms with van der Waals surface area (Å²) in [5.41, 5.74) is 0.752. The molecule has 6 heteroatoms. The van der Waals surface area contributed by atoms with Gasteiger partial charge in [0.1, 0.15) is 22.9 Å². The van der Waals surface area contributed by atoms with E-state index in [9.17, 15) is 5.11 Å². The van der Waals surface area contributed by atoms with Gasteiger partial charge in [0.15, 0.2) is 0 Å². The lowest BCUT2D eigenvalue weighted by atomic mass is 9.82. The molecule has 1 aliphatic carbocycles. The number of halogens is 1. The fourth-order valence-corrected chi connectivity index (χ4v) is 3.31. The smallest absolute Gasteiger partial charge is 0.144 e. The van der Waals surface area contributed by atoms with E-state index in [1.165, 1.54) is 19.3 Å². The van der Waals surface area contributed by atoms with Gasteiger partial charge in [0.25, 0.3) is 0 Å². The Balaban J connectivity index is 1.84. The van der Waals surface area contributed by atoms with Gasteiger partial charge in [0.05, 0.1) is 5.39 Å².